The van der Waals surface area contributed by atoms with Crippen LogP contribution in [-0.2, 0) is 6.54 Å². The lowest BCUT2D eigenvalue weighted by atomic mass is 10.1. The van der Waals surface area contributed by atoms with Crippen LogP contribution in [0.5, 0.6) is 0 Å². The highest BCUT2D eigenvalue weighted by atomic mass is 16.2. The Bertz CT molecular complexity index is 341. The molecule has 0 radical (unpaired) electrons. The van der Waals surface area contributed by atoms with E-state index in [9.17, 15) is 4.79 Å². The summed E-state index contributed by atoms with van der Waals surface area (Å²) in [5, 5.41) is 2.90. The number of aromatic nitrogens is 1. The molecule has 0 atom stereocenters. The van der Waals surface area contributed by atoms with Crippen LogP contribution in [0.15, 0.2) is 18.3 Å². The Labute approximate surface area is 90.5 Å². The molecule has 1 heterocycles. The van der Waals surface area contributed by atoms with Gasteiger partial charge in [-0.05, 0) is 32.9 Å². The first-order valence-corrected chi connectivity index (χ1v) is 5.18. The Hall–Kier alpha value is -1.29. The van der Waals surface area contributed by atoms with Gasteiger partial charge in [0.05, 0.1) is 0 Å². The first kappa shape index (κ1) is 11.8. The fraction of sp³-hybridized carbons (Fsp3) is 0.545. The van der Waals surface area contributed by atoms with Gasteiger partial charge in [-0.2, -0.15) is 0 Å². The third kappa shape index (κ3) is 2.83. The number of carbonyl (C=O) groups excluding carboxylic acids is 1. The zero-order valence-electron chi connectivity index (χ0n) is 9.58. The fourth-order valence-electron chi connectivity index (χ4n) is 1.32. The lowest BCUT2D eigenvalue weighted by Gasteiger charge is -2.24. The van der Waals surface area contributed by atoms with Crippen molar-refractivity contribution in [3.05, 3.63) is 24.0 Å². The molecule has 0 spiro atoms. The summed E-state index contributed by atoms with van der Waals surface area (Å²) in [6.07, 6.45) is 1.89. The number of hydrogen-bond acceptors (Lipinski definition) is 2. The summed E-state index contributed by atoms with van der Waals surface area (Å²) in [4.78, 5) is 11.9. The number of carbonyl (C=O) groups is 1. The third-order valence-electron chi connectivity index (χ3n) is 2.37. The van der Waals surface area contributed by atoms with Crippen molar-refractivity contribution < 1.29 is 4.79 Å². The predicted molar refractivity (Wildman–Crippen MR) is 60.7 cm³/mol. The van der Waals surface area contributed by atoms with Gasteiger partial charge in [0, 0.05) is 24.8 Å². The van der Waals surface area contributed by atoms with Crippen molar-refractivity contribution in [3.63, 3.8) is 0 Å². The Morgan fingerprint density at radius 1 is 1.60 bits per heavy atom. The standard InChI is InChI=1S/C11H19N3O/c1-4-14-7-5-6-9(14)10(15)13-11(2,3)8-12/h5-7H,4,8,12H2,1-3H3,(H,13,15). The van der Waals surface area contributed by atoms with E-state index in [1.165, 1.54) is 0 Å². The van der Waals surface area contributed by atoms with Crippen LogP contribution in [0.2, 0.25) is 0 Å². The minimum Gasteiger partial charge on any atom is -0.345 e. The molecule has 1 aromatic rings. The molecule has 1 aromatic heterocycles. The molecule has 0 aliphatic heterocycles. The van der Waals surface area contributed by atoms with Crippen LogP contribution < -0.4 is 11.1 Å². The molecule has 0 saturated carbocycles. The van der Waals surface area contributed by atoms with E-state index in [-0.39, 0.29) is 11.4 Å². The van der Waals surface area contributed by atoms with Gasteiger partial charge in [0.15, 0.2) is 0 Å². The maximum absolute atomic E-state index is 11.9. The third-order valence-corrected chi connectivity index (χ3v) is 2.37. The summed E-state index contributed by atoms with van der Waals surface area (Å²) in [5.74, 6) is -0.0719. The highest BCUT2D eigenvalue weighted by Crippen LogP contribution is 2.05. The highest BCUT2D eigenvalue weighted by Gasteiger charge is 2.20. The van der Waals surface area contributed by atoms with Crippen LogP contribution in [0.3, 0.4) is 0 Å². The van der Waals surface area contributed by atoms with Crippen LogP contribution in [0, 0.1) is 0 Å². The summed E-state index contributed by atoms with van der Waals surface area (Å²) >= 11 is 0. The largest absolute Gasteiger partial charge is 0.345 e. The topological polar surface area (TPSA) is 60.0 Å². The molecule has 4 heteroatoms. The minimum absolute atomic E-state index is 0.0719. The molecule has 0 unspecified atom stereocenters. The molecule has 1 amide bonds. The van der Waals surface area contributed by atoms with Gasteiger partial charge in [0.25, 0.3) is 5.91 Å². The maximum atomic E-state index is 11.9. The summed E-state index contributed by atoms with van der Waals surface area (Å²) in [5.41, 5.74) is 5.88. The number of aryl methyl sites for hydroxylation is 1. The van der Waals surface area contributed by atoms with Gasteiger partial charge in [-0.1, -0.05) is 0 Å². The predicted octanol–water partition coefficient (Wildman–Crippen LogP) is 0.975. The van der Waals surface area contributed by atoms with Gasteiger partial charge < -0.3 is 15.6 Å². The number of amides is 1. The summed E-state index contributed by atoms with van der Waals surface area (Å²) < 4.78 is 1.90. The van der Waals surface area contributed by atoms with Crippen molar-refractivity contribution in [2.75, 3.05) is 6.54 Å². The van der Waals surface area contributed by atoms with Crippen LogP contribution in [0.25, 0.3) is 0 Å². The number of rotatable bonds is 4. The lowest BCUT2D eigenvalue weighted by Crippen LogP contribution is -2.49. The van der Waals surface area contributed by atoms with Crippen LogP contribution in [0.1, 0.15) is 31.3 Å². The monoisotopic (exact) mass is 209 g/mol. The van der Waals surface area contributed by atoms with E-state index in [0.717, 1.165) is 6.54 Å². The first-order chi connectivity index (χ1) is 7.00. The van der Waals surface area contributed by atoms with Crippen LogP contribution >= 0.6 is 0 Å². The summed E-state index contributed by atoms with van der Waals surface area (Å²) in [6, 6.07) is 3.68. The molecule has 0 aliphatic carbocycles. The summed E-state index contributed by atoms with van der Waals surface area (Å²) in [7, 11) is 0. The molecular formula is C11H19N3O. The minimum atomic E-state index is -0.361. The highest BCUT2D eigenvalue weighted by molar-refractivity contribution is 5.93. The zero-order valence-corrected chi connectivity index (χ0v) is 9.58. The second-order valence-electron chi connectivity index (χ2n) is 4.22. The Morgan fingerprint density at radius 2 is 2.27 bits per heavy atom. The van der Waals surface area contributed by atoms with Gasteiger partial charge >= 0.3 is 0 Å². The van der Waals surface area contributed by atoms with E-state index < -0.39 is 0 Å². The van der Waals surface area contributed by atoms with Crippen molar-refractivity contribution in [3.8, 4) is 0 Å². The Morgan fingerprint density at radius 3 is 2.80 bits per heavy atom. The first-order valence-electron chi connectivity index (χ1n) is 5.18. The second-order valence-corrected chi connectivity index (χ2v) is 4.22. The number of nitrogens with zero attached hydrogens (tertiary/aromatic N) is 1. The van der Waals surface area contributed by atoms with Gasteiger partial charge in [-0.3, -0.25) is 4.79 Å². The summed E-state index contributed by atoms with van der Waals surface area (Å²) in [6.45, 7) is 7.03. The lowest BCUT2D eigenvalue weighted by molar-refractivity contribution is 0.0906. The van der Waals surface area contributed by atoms with E-state index in [1.54, 1.807) is 0 Å². The molecular weight excluding hydrogens is 190 g/mol. The van der Waals surface area contributed by atoms with Gasteiger partial charge in [0.1, 0.15) is 5.69 Å². The SMILES string of the molecule is CCn1cccc1C(=O)NC(C)(C)CN. The van der Waals surface area contributed by atoms with Crippen LogP contribution in [0.4, 0.5) is 0 Å². The van der Waals surface area contributed by atoms with E-state index in [4.69, 9.17) is 5.73 Å². The van der Waals surface area contributed by atoms with Crippen molar-refractivity contribution >= 4 is 5.91 Å². The van der Waals surface area contributed by atoms with E-state index in [1.807, 2.05) is 43.7 Å². The quantitative estimate of drug-likeness (QED) is 0.776. The molecule has 0 aliphatic rings. The van der Waals surface area contributed by atoms with Gasteiger partial charge in [-0.25, -0.2) is 0 Å². The average Bonchev–Trinajstić information content (AvgIpc) is 2.64. The van der Waals surface area contributed by atoms with Gasteiger partial charge in [-0.15, -0.1) is 0 Å². The molecule has 84 valence electrons. The molecule has 0 bridgehead atoms. The average molecular weight is 209 g/mol. The molecule has 1 rings (SSSR count). The Balaban J connectivity index is 2.78. The second kappa shape index (κ2) is 4.49. The maximum Gasteiger partial charge on any atom is 0.268 e. The van der Waals surface area contributed by atoms with E-state index in [0.29, 0.717) is 12.2 Å². The van der Waals surface area contributed by atoms with Crippen LogP contribution in [-0.4, -0.2) is 22.6 Å². The fourth-order valence-corrected chi connectivity index (χ4v) is 1.32. The Kier molecular flexibility index (Phi) is 3.52. The zero-order chi connectivity index (χ0) is 11.5. The van der Waals surface area contributed by atoms with Crippen molar-refractivity contribution in [2.45, 2.75) is 32.9 Å². The number of nitrogens with one attached hydrogen (secondary N) is 1. The molecule has 0 aromatic carbocycles. The molecule has 0 saturated heterocycles. The van der Waals surface area contributed by atoms with Crippen molar-refractivity contribution in [1.29, 1.82) is 0 Å². The van der Waals surface area contributed by atoms with E-state index >= 15 is 0 Å². The van der Waals surface area contributed by atoms with Gasteiger partial charge in [0.2, 0.25) is 0 Å². The van der Waals surface area contributed by atoms with Crippen molar-refractivity contribution in [1.82, 2.24) is 9.88 Å². The number of nitrogens with two attached hydrogens (primary N) is 1. The number of hydrogen-bond donors (Lipinski definition) is 2. The molecule has 15 heavy (non-hydrogen) atoms. The molecule has 3 N–H and O–H groups in total. The molecule has 0 fully saturated rings. The normalized spacial score (nSPS) is 11.5. The molecule has 4 nitrogen and oxygen atoms in total. The van der Waals surface area contributed by atoms with Crippen molar-refractivity contribution in [2.24, 2.45) is 5.73 Å². The smallest absolute Gasteiger partial charge is 0.268 e. The van der Waals surface area contributed by atoms with E-state index in [2.05, 4.69) is 5.32 Å².